The smallest absolute Gasteiger partial charge is 0.166 e. The fourth-order valence-corrected chi connectivity index (χ4v) is 4.15. The molecule has 0 radical (unpaired) electrons. The zero-order valence-corrected chi connectivity index (χ0v) is 17.1. The summed E-state index contributed by atoms with van der Waals surface area (Å²) in [5, 5.41) is 11.2. The lowest BCUT2D eigenvalue weighted by atomic mass is 10.1. The average molecular weight is 405 g/mol. The highest BCUT2D eigenvalue weighted by Crippen LogP contribution is 2.33. The number of aliphatic hydroxyl groups is 1. The Hall–Kier alpha value is -2.83. The topological polar surface area (TPSA) is 66.7 Å². The largest absolute Gasteiger partial charge is 0.385 e. The van der Waals surface area contributed by atoms with Crippen LogP contribution in [0.25, 0.3) is 22.5 Å². The molecule has 2 heterocycles. The first-order valence-corrected chi connectivity index (χ1v) is 10.7. The van der Waals surface area contributed by atoms with E-state index < -0.39 is 6.10 Å². The fourth-order valence-electron chi connectivity index (χ4n) is 3.31. The zero-order chi connectivity index (χ0) is 20.1. The number of imidazole rings is 2. The number of benzene rings is 2. The number of thioether (sulfide) groups is 1. The Balaban J connectivity index is 1.45. The lowest BCUT2D eigenvalue weighted by Crippen LogP contribution is -2.05. The Bertz CT molecular complexity index is 986. The van der Waals surface area contributed by atoms with E-state index in [1.54, 1.807) is 18.0 Å². The van der Waals surface area contributed by atoms with E-state index >= 15 is 0 Å². The molecule has 0 bridgehead atoms. The van der Waals surface area contributed by atoms with Crippen LogP contribution in [-0.4, -0.2) is 30.4 Å². The number of rotatable bonds is 8. The van der Waals surface area contributed by atoms with Crippen LogP contribution in [0.15, 0.2) is 78.2 Å². The molecule has 4 rings (SSSR count). The second-order valence-corrected chi connectivity index (χ2v) is 7.98. The summed E-state index contributed by atoms with van der Waals surface area (Å²) in [6.07, 6.45) is 4.58. The number of nitrogens with zero attached hydrogens (tertiary/aromatic N) is 3. The van der Waals surface area contributed by atoms with E-state index in [4.69, 9.17) is 4.98 Å². The number of hydrogen-bond donors (Lipinski definition) is 2. The van der Waals surface area contributed by atoms with Crippen molar-refractivity contribution in [3.63, 3.8) is 0 Å². The van der Waals surface area contributed by atoms with E-state index in [9.17, 15) is 5.11 Å². The SMILES string of the molecule is Cn1ccnc1C(O)CCCSc1nc(-c2ccccc2)c(-c2ccccc2)[nH]1. The van der Waals surface area contributed by atoms with Gasteiger partial charge in [-0.1, -0.05) is 72.4 Å². The van der Waals surface area contributed by atoms with Gasteiger partial charge < -0.3 is 14.7 Å². The molecule has 2 aromatic heterocycles. The number of aromatic nitrogens is 4. The van der Waals surface area contributed by atoms with E-state index in [-0.39, 0.29) is 0 Å². The van der Waals surface area contributed by atoms with Crippen molar-refractivity contribution in [1.82, 2.24) is 19.5 Å². The van der Waals surface area contributed by atoms with Crippen LogP contribution in [0, 0.1) is 0 Å². The maximum absolute atomic E-state index is 10.3. The van der Waals surface area contributed by atoms with Crippen molar-refractivity contribution in [2.75, 3.05) is 5.75 Å². The molecular formula is C23H24N4OS. The van der Waals surface area contributed by atoms with Crippen LogP contribution in [0.2, 0.25) is 0 Å². The minimum atomic E-state index is -0.535. The molecule has 0 aliphatic heterocycles. The Labute approximate surface area is 174 Å². The predicted octanol–water partition coefficient (Wildman–Crippen LogP) is 5.08. The van der Waals surface area contributed by atoms with Gasteiger partial charge in [0.15, 0.2) is 5.16 Å². The van der Waals surface area contributed by atoms with Crippen LogP contribution in [-0.2, 0) is 7.05 Å². The Morgan fingerprint density at radius 3 is 2.38 bits per heavy atom. The maximum atomic E-state index is 10.3. The van der Waals surface area contributed by atoms with Crippen LogP contribution in [0.4, 0.5) is 0 Å². The summed E-state index contributed by atoms with van der Waals surface area (Å²) in [6, 6.07) is 20.5. The van der Waals surface area contributed by atoms with Gasteiger partial charge >= 0.3 is 0 Å². The third-order valence-corrected chi connectivity index (χ3v) is 5.77. The van der Waals surface area contributed by atoms with E-state index in [0.29, 0.717) is 12.2 Å². The van der Waals surface area contributed by atoms with Gasteiger partial charge in [-0.15, -0.1) is 0 Å². The van der Waals surface area contributed by atoms with Gasteiger partial charge in [0.25, 0.3) is 0 Å². The Morgan fingerprint density at radius 1 is 1.03 bits per heavy atom. The first-order valence-electron chi connectivity index (χ1n) is 9.71. The standard InChI is InChI=1S/C23H24N4OS/c1-27-15-14-24-22(27)19(28)13-8-16-29-23-25-20(17-9-4-2-5-10-17)21(26-23)18-11-6-3-7-12-18/h2-7,9-12,14-15,19,28H,8,13,16H2,1H3,(H,25,26). The number of nitrogens with one attached hydrogen (secondary N) is 1. The number of aromatic amines is 1. The first kappa shape index (κ1) is 19.5. The highest BCUT2D eigenvalue weighted by Gasteiger charge is 2.15. The molecule has 4 aromatic rings. The molecular weight excluding hydrogens is 380 g/mol. The maximum Gasteiger partial charge on any atom is 0.166 e. The normalized spacial score (nSPS) is 12.2. The highest BCUT2D eigenvalue weighted by atomic mass is 32.2. The molecule has 0 spiro atoms. The summed E-state index contributed by atoms with van der Waals surface area (Å²) in [7, 11) is 1.90. The van der Waals surface area contributed by atoms with Gasteiger partial charge in [0.1, 0.15) is 11.9 Å². The minimum absolute atomic E-state index is 0.535. The first-order chi connectivity index (χ1) is 14.2. The summed E-state index contributed by atoms with van der Waals surface area (Å²) in [5.41, 5.74) is 4.22. The highest BCUT2D eigenvalue weighted by molar-refractivity contribution is 7.99. The van der Waals surface area contributed by atoms with Crippen molar-refractivity contribution in [3.8, 4) is 22.5 Å². The van der Waals surface area contributed by atoms with Gasteiger partial charge in [0, 0.05) is 36.3 Å². The van der Waals surface area contributed by atoms with Gasteiger partial charge in [-0.05, 0) is 12.8 Å². The van der Waals surface area contributed by atoms with Crippen molar-refractivity contribution in [3.05, 3.63) is 78.9 Å². The van der Waals surface area contributed by atoms with Crippen molar-refractivity contribution in [2.45, 2.75) is 24.1 Å². The predicted molar refractivity (Wildman–Crippen MR) is 118 cm³/mol. The second-order valence-electron chi connectivity index (χ2n) is 6.90. The third-order valence-electron chi connectivity index (χ3n) is 4.81. The van der Waals surface area contributed by atoms with Crippen LogP contribution in [0.3, 0.4) is 0 Å². The number of hydrogen-bond acceptors (Lipinski definition) is 4. The number of H-pyrrole nitrogens is 1. The molecule has 1 unspecified atom stereocenters. The molecule has 29 heavy (non-hydrogen) atoms. The molecule has 5 nitrogen and oxygen atoms in total. The molecule has 148 valence electrons. The van der Waals surface area contributed by atoms with Crippen molar-refractivity contribution >= 4 is 11.8 Å². The molecule has 0 saturated heterocycles. The zero-order valence-electron chi connectivity index (χ0n) is 16.3. The number of aryl methyl sites for hydroxylation is 1. The summed E-state index contributed by atoms with van der Waals surface area (Å²) < 4.78 is 1.86. The summed E-state index contributed by atoms with van der Waals surface area (Å²) in [4.78, 5) is 12.6. The molecule has 0 aliphatic carbocycles. The molecule has 0 saturated carbocycles. The Kier molecular flexibility index (Phi) is 6.12. The van der Waals surface area contributed by atoms with Crippen molar-refractivity contribution in [1.29, 1.82) is 0 Å². The summed E-state index contributed by atoms with van der Waals surface area (Å²) in [5.74, 6) is 1.59. The van der Waals surface area contributed by atoms with E-state index in [0.717, 1.165) is 39.8 Å². The number of aliphatic hydroxyl groups excluding tert-OH is 1. The molecule has 0 fully saturated rings. The van der Waals surface area contributed by atoms with Crippen LogP contribution < -0.4 is 0 Å². The molecule has 0 amide bonds. The van der Waals surface area contributed by atoms with Crippen molar-refractivity contribution in [2.24, 2.45) is 7.05 Å². The summed E-state index contributed by atoms with van der Waals surface area (Å²) in [6.45, 7) is 0. The molecule has 2 aromatic carbocycles. The molecule has 2 N–H and O–H groups in total. The molecule has 1 atom stereocenters. The van der Waals surface area contributed by atoms with Crippen LogP contribution >= 0.6 is 11.8 Å². The van der Waals surface area contributed by atoms with E-state index in [1.807, 2.05) is 54.2 Å². The summed E-state index contributed by atoms with van der Waals surface area (Å²) >= 11 is 1.68. The van der Waals surface area contributed by atoms with Crippen LogP contribution in [0.1, 0.15) is 24.8 Å². The third kappa shape index (κ3) is 4.60. The second kappa shape index (κ2) is 9.11. The van der Waals surface area contributed by atoms with Gasteiger partial charge in [0.2, 0.25) is 0 Å². The van der Waals surface area contributed by atoms with Crippen molar-refractivity contribution < 1.29 is 5.11 Å². The lowest BCUT2D eigenvalue weighted by molar-refractivity contribution is 0.154. The monoisotopic (exact) mass is 404 g/mol. The van der Waals surface area contributed by atoms with Gasteiger partial charge in [-0.3, -0.25) is 0 Å². The van der Waals surface area contributed by atoms with Crippen LogP contribution in [0.5, 0.6) is 0 Å². The van der Waals surface area contributed by atoms with E-state index in [2.05, 4.69) is 34.2 Å². The average Bonchev–Trinajstić information content (AvgIpc) is 3.39. The Morgan fingerprint density at radius 2 is 1.72 bits per heavy atom. The van der Waals surface area contributed by atoms with Gasteiger partial charge in [-0.2, -0.15) is 0 Å². The fraction of sp³-hybridized carbons (Fsp3) is 0.217. The van der Waals surface area contributed by atoms with Gasteiger partial charge in [0.05, 0.1) is 11.4 Å². The quantitative estimate of drug-likeness (QED) is 0.317. The minimum Gasteiger partial charge on any atom is -0.385 e. The molecule has 6 heteroatoms. The van der Waals surface area contributed by atoms with Gasteiger partial charge in [-0.25, -0.2) is 9.97 Å². The molecule has 0 aliphatic rings. The van der Waals surface area contributed by atoms with E-state index in [1.165, 1.54) is 0 Å². The lowest BCUT2D eigenvalue weighted by Gasteiger charge is -2.09.